The molecule has 1 atom stereocenters. The molecule has 130 valence electrons. The van der Waals surface area contributed by atoms with E-state index in [0.717, 1.165) is 17.1 Å². The van der Waals surface area contributed by atoms with E-state index in [1.54, 1.807) is 12.1 Å². The minimum absolute atomic E-state index is 0.0542. The summed E-state index contributed by atoms with van der Waals surface area (Å²) in [5.74, 6) is 0.753. The summed E-state index contributed by atoms with van der Waals surface area (Å²) in [6.07, 6.45) is -0.0542. The predicted octanol–water partition coefficient (Wildman–Crippen LogP) is 3.80. The van der Waals surface area contributed by atoms with E-state index in [-0.39, 0.29) is 6.10 Å². The van der Waals surface area contributed by atoms with Crippen LogP contribution >= 0.6 is 36.0 Å². The van der Waals surface area contributed by atoms with Crippen molar-refractivity contribution < 1.29 is 9.47 Å². The molecule has 1 saturated heterocycles. The van der Waals surface area contributed by atoms with Crippen molar-refractivity contribution in [2.75, 3.05) is 23.8 Å². The van der Waals surface area contributed by atoms with E-state index in [0.29, 0.717) is 28.5 Å². The summed E-state index contributed by atoms with van der Waals surface area (Å²) >= 11 is 16.1. The molecule has 5 nitrogen and oxygen atoms in total. The molecule has 8 heteroatoms. The topological polar surface area (TPSA) is 54.5 Å². The lowest BCUT2D eigenvalue weighted by Gasteiger charge is -2.13. The Balaban J connectivity index is 1.47. The maximum Gasteiger partial charge on any atom is 0.257 e. The van der Waals surface area contributed by atoms with Crippen LogP contribution in [0.5, 0.6) is 5.75 Å². The van der Waals surface area contributed by atoms with Crippen LogP contribution < -0.4 is 20.7 Å². The molecule has 0 spiro atoms. The summed E-state index contributed by atoms with van der Waals surface area (Å²) in [4.78, 5) is 0. The molecule has 2 aromatic rings. The largest absolute Gasteiger partial charge is 0.490 e. The number of benzene rings is 2. The second-order valence-electron chi connectivity index (χ2n) is 5.33. The fraction of sp³-hybridized carbons (Fsp3) is 0.176. The number of nitrogens with one attached hydrogen (secondary N) is 3. The lowest BCUT2D eigenvalue weighted by Crippen LogP contribution is -2.22. The average Bonchev–Trinajstić information content (AvgIpc) is 3.02. The van der Waals surface area contributed by atoms with Crippen molar-refractivity contribution in [1.82, 2.24) is 5.32 Å². The second kappa shape index (κ2) is 8.33. The summed E-state index contributed by atoms with van der Waals surface area (Å²) in [7, 11) is 0. The molecule has 0 radical (unpaired) electrons. The number of rotatable bonds is 5. The van der Waals surface area contributed by atoms with Crippen molar-refractivity contribution in [1.29, 1.82) is 0 Å². The molecule has 1 aliphatic rings. The van der Waals surface area contributed by atoms with Crippen LogP contribution in [0.3, 0.4) is 0 Å². The van der Waals surface area contributed by atoms with E-state index in [4.69, 9.17) is 45.5 Å². The van der Waals surface area contributed by atoms with Crippen molar-refractivity contribution in [3.05, 3.63) is 53.6 Å². The highest BCUT2D eigenvalue weighted by Crippen LogP contribution is 2.18. The van der Waals surface area contributed by atoms with Gasteiger partial charge < -0.3 is 25.4 Å². The van der Waals surface area contributed by atoms with Gasteiger partial charge in [0.25, 0.3) is 5.17 Å². The van der Waals surface area contributed by atoms with Gasteiger partial charge in [0.05, 0.1) is 6.54 Å². The number of halogens is 1. The lowest BCUT2D eigenvalue weighted by atomic mass is 10.3. The van der Waals surface area contributed by atoms with Gasteiger partial charge in [0, 0.05) is 16.4 Å². The zero-order valence-electron chi connectivity index (χ0n) is 13.1. The van der Waals surface area contributed by atoms with Gasteiger partial charge >= 0.3 is 0 Å². The number of hydrogen-bond donors (Lipinski definition) is 3. The molecule has 1 aliphatic heterocycles. The Kier molecular flexibility index (Phi) is 5.91. The summed E-state index contributed by atoms with van der Waals surface area (Å²) in [5, 5.41) is 10.8. The molecule has 0 bridgehead atoms. The molecular weight excluding hydrogens is 378 g/mol. The number of thiocarbonyl (C=S) groups is 2. The van der Waals surface area contributed by atoms with E-state index >= 15 is 0 Å². The molecule has 3 N–H and O–H groups in total. The van der Waals surface area contributed by atoms with Crippen LogP contribution in [0.1, 0.15) is 0 Å². The first kappa shape index (κ1) is 17.7. The van der Waals surface area contributed by atoms with Crippen molar-refractivity contribution in [2.24, 2.45) is 0 Å². The molecule has 0 aromatic heterocycles. The molecule has 1 unspecified atom stereocenters. The molecule has 0 aliphatic carbocycles. The Morgan fingerprint density at radius 2 is 1.72 bits per heavy atom. The average molecular weight is 394 g/mol. The van der Waals surface area contributed by atoms with Gasteiger partial charge in [-0.1, -0.05) is 11.6 Å². The van der Waals surface area contributed by atoms with Gasteiger partial charge in [-0.25, -0.2) is 0 Å². The van der Waals surface area contributed by atoms with Crippen LogP contribution in [0.4, 0.5) is 11.4 Å². The molecule has 1 heterocycles. The quantitative estimate of drug-likeness (QED) is 0.668. The Labute approximate surface area is 161 Å². The van der Waals surface area contributed by atoms with Crippen molar-refractivity contribution >= 4 is 57.7 Å². The molecule has 3 rings (SSSR count). The maximum atomic E-state index is 5.86. The Bertz CT molecular complexity index is 753. The fourth-order valence-corrected chi connectivity index (χ4v) is 2.76. The van der Waals surface area contributed by atoms with Crippen molar-refractivity contribution in [3.63, 3.8) is 0 Å². The highest BCUT2D eigenvalue weighted by atomic mass is 35.5. The summed E-state index contributed by atoms with van der Waals surface area (Å²) in [6.45, 7) is 1.11. The molecular formula is C17H16ClN3O2S2. The van der Waals surface area contributed by atoms with Crippen LogP contribution in [0.15, 0.2) is 48.5 Å². The zero-order valence-corrected chi connectivity index (χ0v) is 15.5. The predicted molar refractivity (Wildman–Crippen MR) is 109 cm³/mol. The third kappa shape index (κ3) is 5.45. The first-order valence-corrected chi connectivity index (χ1v) is 8.79. The van der Waals surface area contributed by atoms with Gasteiger partial charge in [-0.3, -0.25) is 0 Å². The van der Waals surface area contributed by atoms with E-state index < -0.39 is 0 Å². The van der Waals surface area contributed by atoms with Gasteiger partial charge in [-0.05, 0) is 73.0 Å². The molecule has 1 fully saturated rings. The van der Waals surface area contributed by atoms with Crippen molar-refractivity contribution in [2.45, 2.75) is 6.10 Å². The Morgan fingerprint density at radius 3 is 2.28 bits per heavy atom. The molecule has 25 heavy (non-hydrogen) atoms. The highest BCUT2D eigenvalue weighted by Gasteiger charge is 2.20. The second-order valence-corrected chi connectivity index (χ2v) is 6.55. The Hall–Kier alpha value is -2.09. The summed E-state index contributed by atoms with van der Waals surface area (Å²) in [5.41, 5.74) is 1.73. The molecule has 0 amide bonds. The first-order valence-electron chi connectivity index (χ1n) is 7.59. The van der Waals surface area contributed by atoms with E-state index in [1.165, 1.54) is 0 Å². The van der Waals surface area contributed by atoms with Crippen LogP contribution in [0.2, 0.25) is 5.02 Å². The van der Waals surface area contributed by atoms with Gasteiger partial charge in [-0.15, -0.1) is 0 Å². The standard InChI is InChI=1S/C17H16ClN3O2S2/c18-11-1-3-12(4-2-11)20-16(24)21-13-5-7-14(8-6-13)22-10-15-9-19-17(25)23-15/h1-8,15H,9-10H2,(H,19,25)(H2,20,21,24). The summed E-state index contributed by atoms with van der Waals surface area (Å²) in [6, 6.07) is 14.8. The van der Waals surface area contributed by atoms with E-state index in [9.17, 15) is 0 Å². The Morgan fingerprint density at radius 1 is 1.12 bits per heavy atom. The monoisotopic (exact) mass is 393 g/mol. The minimum atomic E-state index is -0.0542. The minimum Gasteiger partial charge on any atom is -0.490 e. The molecule has 2 aromatic carbocycles. The van der Waals surface area contributed by atoms with E-state index in [2.05, 4.69) is 16.0 Å². The summed E-state index contributed by atoms with van der Waals surface area (Å²) < 4.78 is 11.1. The van der Waals surface area contributed by atoms with Crippen molar-refractivity contribution in [3.8, 4) is 5.75 Å². The molecule has 0 saturated carbocycles. The van der Waals surface area contributed by atoms with Gasteiger partial charge in [0.2, 0.25) is 0 Å². The fourth-order valence-electron chi connectivity index (χ4n) is 2.18. The first-order chi connectivity index (χ1) is 12.1. The highest BCUT2D eigenvalue weighted by molar-refractivity contribution is 7.80. The van der Waals surface area contributed by atoms with Crippen LogP contribution in [-0.2, 0) is 4.74 Å². The zero-order chi connectivity index (χ0) is 17.6. The van der Waals surface area contributed by atoms with Gasteiger partial charge in [0.15, 0.2) is 11.2 Å². The maximum absolute atomic E-state index is 5.86. The SMILES string of the molecule is S=C(Nc1ccc(Cl)cc1)Nc1ccc(OCC2CNC(=S)O2)cc1. The van der Waals surface area contributed by atoms with Gasteiger partial charge in [-0.2, -0.15) is 0 Å². The van der Waals surface area contributed by atoms with Crippen LogP contribution in [0, 0.1) is 0 Å². The van der Waals surface area contributed by atoms with Crippen LogP contribution in [0.25, 0.3) is 0 Å². The number of hydrogen-bond acceptors (Lipinski definition) is 4. The normalized spacial score (nSPS) is 15.9. The number of anilines is 2. The lowest BCUT2D eigenvalue weighted by molar-refractivity contribution is 0.150. The van der Waals surface area contributed by atoms with E-state index in [1.807, 2.05) is 36.4 Å². The smallest absolute Gasteiger partial charge is 0.257 e. The van der Waals surface area contributed by atoms with Crippen LogP contribution in [-0.4, -0.2) is 29.5 Å². The third-order valence-corrected chi connectivity index (χ3v) is 4.09. The third-order valence-electron chi connectivity index (χ3n) is 3.40. The van der Waals surface area contributed by atoms with Gasteiger partial charge in [0.1, 0.15) is 12.4 Å². The number of ether oxygens (including phenoxy) is 2.